The number of aliphatic carboxylic acids is 1. The third-order valence-corrected chi connectivity index (χ3v) is 3.85. The van der Waals surface area contributed by atoms with E-state index >= 15 is 0 Å². The molecule has 1 unspecified atom stereocenters. The number of hydrogen-bond donors (Lipinski definition) is 1. The fourth-order valence-electron chi connectivity index (χ4n) is 2.73. The second-order valence-corrected chi connectivity index (χ2v) is 5.39. The van der Waals surface area contributed by atoms with Crippen molar-refractivity contribution in [2.24, 2.45) is 0 Å². The molecule has 1 atom stereocenters. The minimum atomic E-state index is -4.66. The summed E-state index contributed by atoms with van der Waals surface area (Å²) in [6.07, 6.45) is -4.66. The van der Waals surface area contributed by atoms with Crippen LogP contribution in [0.5, 0.6) is 0 Å². The number of carboxylic acid groups (broad SMARTS) is 1. The number of benzene rings is 2. The van der Waals surface area contributed by atoms with Gasteiger partial charge in [-0.15, -0.1) is 0 Å². The van der Waals surface area contributed by atoms with E-state index in [9.17, 15) is 32.7 Å². The Balaban J connectivity index is 2.16. The van der Waals surface area contributed by atoms with Crippen molar-refractivity contribution < 1.29 is 32.7 Å². The fraction of sp³-hybridized carbons (Fsp3) is 0.118. The van der Waals surface area contributed by atoms with Gasteiger partial charge in [-0.25, -0.2) is 4.90 Å². The number of halogens is 3. The van der Waals surface area contributed by atoms with Gasteiger partial charge in [-0.1, -0.05) is 24.3 Å². The van der Waals surface area contributed by atoms with Crippen LogP contribution in [0, 0.1) is 0 Å². The van der Waals surface area contributed by atoms with Gasteiger partial charge in [-0.2, -0.15) is 13.2 Å². The summed E-state index contributed by atoms with van der Waals surface area (Å²) in [5.74, 6) is -5.11. The van der Waals surface area contributed by atoms with E-state index in [2.05, 4.69) is 0 Å². The van der Waals surface area contributed by atoms with Gasteiger partial charge in [0.2, 0.25) is 0 Å². The van der Waals surface area contributed by atoms with Crippen LogP contribution >= 0.6 is 0 Å². The Hall–Kier alpha value is -3.16. The van der Waals surface area contributed by atoms with Crippen LogP contribution < -0.4 is 4.90 Å². The average molecular weight is 349 g/mol. The number of carbonyl (C=O) groups excluding carboxylic acids is 2. The number of hydrogen-bond acceptors (Lipinski definition) is 3. The van der Waals surface area contributed by atoms with Gasteiger partial charge >= 0.3 is 12.1 Å². The molecule has 128 valence electrons. The van der Waals surface area contributed by atoms with Crippen LogP contribution in [-0.2, 0) is 15.8 Å². The molecular formula is C17H10F3NO4. The first-order chi connectivity index (χ1) is 11.7. The normalized spacial score (nSPS) is 17.4. The Kier molecular flexibility index (Phi) is 3.82. The lowest BCUT2D eigenvalue weighted by atomic mass is 9.88. The molecule has 0 spiro atoms. The first-order valence-electron chi connectivity index (χ1n) is 7.09. The van der Waals surface area contributed by atoms with Crippen LogP contribution in [0.3, 0.4) is 0 Å². The van der Waals surface area contributed by atoms with E-state index in [-0.39, 0.29) is 16.8 Å². The molecule has 1 N–H and O–H groups in total. The zero-order chi connectivity index (χ0) is 18.4. The Morgan fingerprint density at radius 2 is 1.72 bits per heavy atom. The molecule has 0 saturated carbocycles. The predicted octanol–water partition coefficient (Wildman–Crippen LogP) is 3.06. The summed E-state index contributed by atoms with van der Waals surface area (Å²) in [5.41, 5.74) is -1.39. The third kappa shape index (κ3) is 2.75. The van der Waals surface area contributed by atoms with Crippen molar-refractivity contribution in [3.05, 3.63) is 65.2 Å². The van der Waals surface area contributed by atoms with Gasteiger partial charge in [-0.05, 0) is 29.8 Å². The number of imide groups is 1. The lowest BCUT2D eigenvalue weighted by Crippen LogP contribution is -2.47. The number of carboxylic acids is 1. The minimum absolute atomic E-state index is 0.0215. The quantitative estimate of drug-likeness (QED) is 0.668. The van der Waals surface area contributed by atoms with Gasteiger partial charge in [0.05, 0.1) is 11.3 Å². The molecule has 0 fully saturated rings. The van der Waals surface area contributed by atoms with Crippen molar-refractivity contribution in [2.45, 2.75) is 12.1 Å². The largest absolute Gasteiger partial charge is 0.480 e. The Morgan fingerprint density at radius 3 is 2.36 bits per heavy atom. The van der Waals surface area contributed by atoms with Crippen molar-refractivity contribution in [3.63, 3.8) is 0 Å². The van der Waals surface area contributed by atoms with Crippen LogP contribution in [0.25, 0.3) is 0 Å². The zero-order valence-corrected chi connectivity index (χ0v) is 12.4. The summed E-state index contributed by atoms with van der Waals surface area (Å²) >= 11 is 0. The molecule has 2 amide bonds. The van der Waals surface area contributed by atoms with Crippen LogP contribution in [0.15, 0.2) is 48.5 Å². The van der Waals surface area contributed by atoms with Crippen molar-refractivity contribution in [3.8, 4) is 0 Å². The van der Waals surface area contributed by atoms with Gasteiger partial charge in [0.1, 0.15) is 0 Å². The lowest BCUT2D eigenvalue weighted by molar-refractivity contribution is -0.142. The van der Waals surface area contributed by atoms with Crippen molar-refractivity contribution in [2.75, 3.05) is 4.90 Å². The van der Waals surface area contributed by atoms with Gasteiger partial charge in [-0.3, -0.25) is 14.4 Å². The lowest BCUT2D eigenvalue weighted by Gasteiger charge is -2.30. The number of alkyl halides is 3. The topological polar surface area (TPSA) is 74.7 Å². The van der Waals surface area contributed by atoms with E-state index in [1.165, 1.54) is 24.3 Å². The number of rotatable bonds is 2. The highest BCUT2D eigenvalue weighted by atomic mass is 19.4. The molecule has 1 aliphatic rings. The van der Waals surface area contributed by atoms with E-state index in [0.717, 1.165) is 18.2 Å². The molecule has 0 aliphatic carbocycles. The maximum absolute atomic E-state index is 12.9. The summed E-state index contributed by atoms with van der Waals surface area (Å²) in [7, 11) is 0. The predicted molar refractivity (Wildman–Crippen MR) is 80.1 cm³/mol. The Bertz CT molecular complexity index is 891. The number of fused-ring (bicyclic) bond motifs is 1. The average Bonchev–Trinajstić information content (AvgIpc) is 2.54. The smallest absolute Gasteiger partial charge is 0.416 e. The second-order valence-electron chi connectivity index (χ2n) is 5.39. The highest BCUT2D eigenvalue weighted by molar-refractivity contribution is 6.30. The van der Waals surface area contributed by atoms with Crippen LogP contribution in [-0.4, -0.2) is 22.9 Å². The van der Waals surface area contributed by atoms with Crippen LogP contribution in [0.2, 0.25) is 0 Å². The first kappa shape index (κ1) is 16.7. The Labute approximate surface area is 139 Å². The van der Waals surface area contributed by atoms with Crippen LogP contribution in [0.4, 0.5) is 18.9 Å². The second kappa shape index (κ2) is 5.73. The number of anilines is 1. The number of carbonyl (C=O) groups is 3. The molecule has 1 heterocycles. The SMILES string of the molecule is O=C(O)C1C(=O)N(c2cccc(C(F)(F)F)c2)C(=O)c2ccccc21. The fourth-order valence-corrected chi connectivity index (χ4v) is 2.73. The highest BCUT2D eigenvalue weighted by Crippen LogP contribution is 2.36. The van der Waals surface area contributed by atoms with E-state index in [1.807, 2.05) is 0 Å². The summed E-state index contributed by atoms with van der Waals surface area (Å²) in [6.45, 7) is 0. The van der Waals surface area contributed by atoms with Crippen molar-refractivity contribution >= 4 is 23.5 Å². The molecule has 3 rings (SSSR count). The molecule has 0 radical (unpaired) electrons. The molecule has 5 nitrogen and oxygen atoms in total. The molecule has 25 heavy (non-hydrogen) atoms. The van der Waals surface area contributed by atoms with Gasteiger partial charge in [0.15, 0.2) is 5.92 Å². The summed E-state index contributed by atoms with van der Waals surface area (Å²) in [5, 5.41) is 9.35. The first-order valence-corrected chi connectivity index (χ1v) is 7.09. The van der Waals surface area contributed by atoms with Gasteiger partial charge in [0.25, 0.3) is 11.8 Å². The molecule has 1 aliphatic heterocycles. The Morgan fingerprint density at radius 1 is 1.04 bits per heavy atom. The van der Waals surface area contributed by atoms with E-state index in [0.29, 0.717) is 11.0 Å². The summed E-state index contributed by atoms with van der Waals surface area (Å²) < 4.78 is 38.7. The van der Waals surface area contributed by atoms with Crippen molar-refractivity contribution in [1.82, 2.24) is 0 Å². The summed E-state index contributed by atoms with van der Waals surface area (Å²) in [6, 6.07) is 9.28. The zero-order valence-electron chi connectivity index (χ0n) is 12.4. The minimum Gasteiger partial charge on any atom is -0.480 e. The van der Waals surface area contributed by atoms with Gasteiger partial charge < -0.3 is 5.11 Å². The molecule has 0 aromatic heterocycles. The maximum atomic E-state index is 12.9. The van der Waals surface area contributed by atoms with Crippen LogP contribution in [0.1, 0.15) is 27.4 Å². The highest BCUT2D eigenvalue weighted by Gasteiger charge is 2.44. The standard InChI is InChI=1S/C17H10F3NO4/c18-17(19,20)9-4-3-5-10(8-9)21-14(22)12-7-2-1-6-11(12)13(15(21)23)16(24)25/h1-8,13H,(H,24,25). The molecule has 2 aromatic rings. The molecule has 8 heteroatoms. The molecule has 2 aromatic carbocycles. The van der Waals surface area contributed by atoms with E-state index < -0.39 is 35.4 Å². The monoisotopic (exact) mass is 349 g/mol. The number of amides is 2. The molecular weight excluding hydrogens is 339 g/mol. The molecule has 0 bridgehead atoms. The van der Waals surface area contributed by atoms with E-state index in [4.69, 9.17) is 0 Å². The van der Waals surface area contributed by atoms with E-state index in [1.54, 1.807) is 0 Å². The number of nitrogens with zero attached hydrogens (tertiary/aromatic N) is 1. The summed E-state index contributed by atoms with van der Waals surface area (Å²) in [4.78, 5) is 37.1. The maximum Gasteiger partial charge on any atom is 0.416 e. The van der Waals surface area contributed by atoms with Crippen molar-refractivity contribution in [1.29, 1.82) is 0 Å². The molecule has 0 saturated heterocycles. The van der Waals surface area contributed by atoms with Gasteiger partial charge in [0, 0.05) is 5.56 Å². The third-order valence-electron chi connectivity index (χ3n) is 3.85.